The minimum Gasteiger partial charge on any atom is -0.494 e. The fourth-order valence-corrected chi connectivity index (χ4v) is 3.71. The fourth-order valence-electron chi connectivity index (χ4n) is 2.96. The van der Waals surface area contributed by atoms with Gasteiger partial charge in [0.05, 0.1) is 22.8 Å². The van der Waals surface area contributed by atoms with Crippen LogP contribution in [0.3, 0.4) is 0 Å². The molecule has 0 aromatic heterocycles. The summed E-state index contributed by atoms with van der Waals surface area (Å²) in [6.07, 6.45) is 0.161. The molecule has 1 unspecified atom stereocenters. The lowest BCUT2D eigenvalue weighted by Crippen LogP contribution is -2.36. The average molecular weight is 403 g/mol. The molecule has 8 heteroatoms. The number of benzene rings is 1. The first kappa shape index (κ1) is 20.6. The van der Waals surface area contributed by atoms with E-state index in [0.717, 1.165) is 5.56 Å². The van der Waals surface area contributed by atoms with Crippen molar-refractivity contribution in [2.45, 2.75) is 45.6 Å². The van der Waals surface area contributed by atoms with Crippen LogP contribution in [0, 0.1) is 0 Å². The van der Waals surface area contributed by atoms with Crippen LogP contribution in [-0.4, -0.2) is 37.8 Å². The molecule has 6 nitrogen and oxygen atoms in total. The molecule has 1 N–H and O–H groups in total. The number of carbonyl (C=O) groups excluding carboxylic acids is 2. The number of nitrogens with zero attached hydrogens (tertiary/aromatic N) is 1. The summed E-state index contributed by atoms with van der Waals surface area (Å²) < 4.78 is 10.8. The second kappa shape index (κ2) is 7.92. The Balaban J connectivity index is 2.39. The standard InChI is InChI=1S/C18H24Cl2N2O4/c1-10(23)21-7-6-11-9-22(17(24)26-18(2,3)4)13-8-12(19)16(25-5)15(20)14(11)13/h8,11H,6-7,9H2,1-5H3,(H,21,23). The van der Waals surface area contributed by atoms with Gasteiger partial charge in [-0.05, 0) is 33.3 Å². The lowest BCUT2D eigenvalue weighted by Gasteiger charge is -2.25. The highest BCUT2D eigenvalue weighted by Crippen LogP contribution is 2.49. The summed E-state index contributed by atoms with van der Waals surface area (Å²) in [4.78, 5) is 25.3. The summed E-state index contributed by atoms with van der Waals surface area (Å²) in [6.45, 7) is 7.76. The van der Waals surface area contributed by atoms with Crippen molar-refractivity contribution in [3.05, 3.63) is 21.7 Å². The Kier molecular flexibility index (Phi) is 6.29. The molecule has 1 aromatic rings. The van der Waals surface area contributed by atoms with E-state index < -0.39 is 11.7 Å². The molecule has 2 amide bonds. The SMILES string of the molecule is COc1c(Cl)cc2c(c1Cl)C(CCNC(C)=O)CN2C(=O)OC(C)(C)C. The van der Waals surface area contributed by atoms with Gasteiger partial charge in [-0.3, -0.25) is 9.69 Å². The summed E-state index contributed by atoms with van der Waals surface area (Å²) >= 11 is 12.8. The average Bonchev–Trinajstić information content (AvgIpc) is 2.84. The summed E-state index contributed by atoms with van der Waals surface area (Å²) in [7, 11) is 1.49. The Labute approximate surface area is 163 Å². The van der Waals surface area contributed by atoms with Crippen molar-refractivity contribution >= 4 is 40.9 Å². The number of halogens is 2. The topological polar surface area (TPSA) is 67.9 Å². The number of fused-ring (bicyclic) bond motifs is 1. The highest BCUT2D eigenvalue weighted by atomic mass is 35.5. The second-order valence-electron chi connectivity index (χ2n) is 7.20. The van der Waals surface area contributed by atoms with Gasteiger partial charge in [0.2, 0.25) is 5.91 Å². The molecule has 1 aliphatic heterocycles. The van der Waals surface area contributed by atoms with Crippen LogP contribution in [0.5, 0.6) is 5.75 Å². The quantitative estimate of drug-likeness (QED) is 0.811. The molecule has 1 heterocycles. The van der Waals surface area contributed by atoms with Crippen molar-refractivity contribution in [1.29, 1.82) is 0 Å². The van der Waals surface area contributed by atoms with E-state index in [0.29, 0.717) is 41.0 Å². The predicted molar refractivity (Wildman–Crippen MR) is 103 cm³/mol. The Morgan fingerprint density at radius 3 is 2.54 bits per heavy atom. The lowest BCUT2D eigenvalue weighted by molar-refractivity contribution is -0.118. The number of carbonyl (C=O) groups is 2. The zero-order chi connectivity index (χ0) is 19.6. The van der Waals surface area contributed by atoms with Crippen molar-refractivity contribution in [3.63, 3.8) is 0 Å². The normalized spacial score (nSPS) is 16.3. The van der Waals surface area contributed by atoms with Crippen LogP contribution >= 0.6 is 23.2 Å². The number of hydrogen-bond donors (Lipinski definition) is 1. The van der Waals surface area contributed by atoms with Gasteiger partial charge >= 0.3 is 6.09 Å². The lowest BCUT2D eigenvalue weighted by atomic mass is 9.97. The van der Waals surface area contributed by atoms with Gasteiger partial charge in [-0.1, -0.05) is 23.2 Å². The smallest absolute Gasteiger partial charge is 0.414 e. The van der Waals surface area contributed by atoms with E-state index in [-0.39, 0.29) is 11.8 Å². The molecule has 1 aliphatic rings. The molecule has 26 heavy (non-hydrogen) atoms. The predicted octanol–water partition coefficient (Wildman–Crippen LogP) is 4.37. The van der Waals surface area contributed by atoms with Gasteiger partial charge < -0.3 is 14.8 Å². The zero-order valence-electron chi connectivity index (χ0n) is 15.6. The van der Waals surface area contributed by atoms with Gasteiger partial charge in [0.15, 0.2) is 5.75 Å². The highest BCUT2D eigenvalue weighted by Gasteiger charge is 2.38. The number of amides is 2. The molecule has 1 aromatic carbocycles. The van der Waals surface area contributed by atoms with E-state index in [4.69, 9.17) is 32.7 Å². The molecule has 0 saturated heterocycles. The number of nitrogens with one attached hydrogen (secondary N) is 1. The van der Waals surface area contributed by atoms with Crippen molar-refractivity contribution in [3.8, 4) is 5.75 Å². The van der Waals surface area contributed by atoms with Crippen LogP contribution in [0.2, 0.25) is 10.0 Å². The first-order valence-corrected chi connectivity index (χ1v) is 9.11. The molecular weight excluding hydrogens is 379 g/mol. The van der Waals surface area contributed by atoms with E-state index in [9.17, 15) is 9.59 Å². The molecule has 2 rings (SSSR count). The molecule has 0 saturated carbocycles. The Morgan fingerprint density at radius 2 is 2.00 bits per heavy atom. The van der Waals surface area contributed by atoms with Crippen molar-refractivity contribution in [1.82, 2.24) is 5.32 Å². The van der Waals surface area contributed by atoms with Crippen LogP contribution in [0.4, 0.5) is 10.5 Å². The number of ether oxygens (including phenoxy) is 2. The van der Waals surface area contributed by atoms with Gasteiger partial charge in [-0.2, -0.15) is 0 Å². The minimum absolute atomic E-state index is 0.0666. The van der Waals surface area contributed by atoms with Crippen molar-refractivity contribution < 1.29 is 19.1 Å². The van der Waals surface area contributed by atoms with Crippen LogP contribution in [0.25, 0.3) is 0 Å². The molecule has 0 spiro atoms. The monoisotopic (exact) mass is 402 g/mol. The molecule has 0 fully saturated rings. The third kappa shape index (κ3) is 4.54. The van der Waals surface area contributed by atoms with Gasteiger partial charge in [0, 0.05) is 31.5 Å². The largest absolute Gasteiger partial charge is 0.494 e. The van der Waals surface area contributed by atoms with E-state index in [1.54, 1.807) is 6.07 Å². The van der Waals surface area contributed by atoms with E-state index in [1.165, 1.54) is 18.9 Å². The molecule has 0 aliphatic carbocycles. The summed E-state index contributed by atoms with van der Waals surface area (Å²) in [5.41, 5.74) is 0.776. The first-order valence-electron chi connectivity index (χ1n) is 8.36. The Morgan fingerprint density at radius 1 is 1.35 bits per heavy atom. The summed E-state index contributed by atoms with van der Waals surface area (Å²) in [6, 6.07) is 1.67. The minimum atomic E-state index is -0.619. The highest BCUT2D eigenvalue weighted by molar-refractivity contribution is 6.38. The maximum Gasteiger partial charge on any atom is 0.414 e. The molecule has 0 radical (unpaired) electrons. The number of rotatable bonds is 4. The van der Waals surface area contributed by atoms with Crippen LogP contribution in [0.15, 0.2) is 6.07 Å². The molecule has 1 atom stereocenters. The Bertz CT molecular complexity index is 716. The second-order valence-corrected chi connectivity index (χ2v) is 7.98. The maximum atomic E-state index is 12.6. The third-order valence-electron chi connectivity index (χ3n) is 3.98. The van der Waals surface area contributed by atoms with E-state index in [1.807, 2.05) is 20.8 Å². The van der Waals surface area contributed by atoms with Crippen LogP contribution in [-0.2, 0) is 9.53 Å². The van der Waals surface area contributed by atoms with Crippen molar-refractivity contribution in [2.24, 2.45) is 0 Å². The van der Waals surface area contributed by atoms with Crippen LogP contribution in [0.1, 0.15) is 45.6 Å². The van der Waals surface area contributed by atoms with E-state index in [2.05, 4.69) is 5.32 Å². The van der Waals surface area contributed by atoms with Gasteiger partial charge in [0.1, 0.15) is 5.60 Å². The number of anilines is 1. The Hall–Kier alpha value is -1.66. The van der Waals surface area contributed by atoms with Gasteiger partial charge in [-0.15, -0.1) is 0 Å². The number of hydrogen-bond acceptors (Lipinski definition) is 4. The molecule has 144 valence electrons. The van der Waals surface area contributed by atoms with Gasteiger partial charge in [0.25, 0.3) is 0 Å². The van der Waals surface area contributed by atoms with Crippen molar-refractivity contribution in [2.75, 3.05) is 25.1 Å². The third-order valence-corrected chi connectivity index (χ3v) is 4.63. The fraction of sp³-hybridized carbons (Fsp3) is 0.556. The van der Waals surface area contributed by atoms with Gasteiger partial charge in [-0.25, -0.2) is 4.79 Å². The summed E-state index contributed by atoms with van der Waals surface area (Å²) in [5, 5.41) is 3.48. The summed E-state index contributed by atoms with van der Waals surface area (Å²) in [5.74, 6) is 0.206. The molecule has 0 bridgehead atoms. The zero-order valence-corrected chi connectivity index (χ0v) is 17.1. The number of methoxy groups -OCH3 is 1. The van der Waals surface area contributed by atoms with Crippen LogP contribution < -0.4 is 15.0 Å². The maximum absolute atomic E-state index is 12.6. The van der Waals surface area contributed by atoms with E-state index >= 15 is 0 Å². The first-order chi connectivity index (χ1) is 12.0. The molecular formula is C18H24Cl2N2O4.